The van der Waals surface area contributed by atoms with Gasteiger partial charge in [-0.3, -0.25) is 0 Å². The molecule has 0 amide bonds. The number of hydrogen-bond acceptors (Lipinski definition) is 0. The van der Waals surface area contributed by atoms with Gasteiger partial charge in [-0.15, -0.1) is 0 Å². The number of rotatable bonds is 0. The second-order valence-electron chi connectivity index (χ2n) is 0. The second-order valence-corrected chi connectivity index (χ2v) is 0. The molecule has 0 aliphatic rings. The van der Waals surface area contributed by atoms with E-state index in [1.165, 1.54) is 0 Å². The summed E-state index contributed by atoms with van der Waals surface area (Å²) in [7, 11) is 0. The Bertz CT molecular complexity index is 13.5. The molecule has 0 nitrogen and oxygen atoms in total. The first-order valence-corrected chi connectivity index (χ1v) is 0. The average Bonchev–Trinajstić information content (AvgIpc) is 0. The van der Waals surface area contributed by atoms with Gasteiger partial charge < -0.3 is 2.85 Å². The molecule has 0 spiro atoms. The van der Waals surface area contributed by atoms with Crippen molar-refractivity contribution in [2.75, 3.05) is 0 Å². The Morgan fingerprint density at radius 2 is 1.25 bits per heavy atom. The molecule has 0 aliphatic heterocycles. The fourth-order valence-corrected chi connectivity index (χ4v) is 0. The minimum absolute atomic E-state index is 0. The van der Waals surface area contributed by atoms with Crippen molar-refractivity contribution in [2.45, 2.75) is 7.43 Å². The van der Waals surface area contributed by atoms with E-state index in [1.807, 2.05) is 0 Å². The van der Waals surface area contributed by atoms with Gasteiger partial charge in [0.25, 0.3) is 0 Å². The predicted octanol–water partition coefficient (Wildman–Crippen LogP) is 0.475. The summed E-state index contributed by atoms with van der Waals surface area (Å²) in [6, 6.07) is 0. The molecule has 0 aromatic heterocycles. The van der Waals surface area contributed by atoms with E-state index in [4.69, 9.17) is 0 Å². The molecule has 0 saturated carbocycles. The van der Waals surface area contributed by atoms with Crippen LogP contribution in [0.1, 0.15) is 10.3 Å². The van der Waals surface area contributed by atoms with Crippen LogP contribution in [0.2, 0.25) is 0 Å². The standard InChI is InChI=1S/CH4.Fe.Mg.V.2H/h1H4;;;;;/q;;+2;;2*-1. The molecule has 0 atom stereocenters. The maximum absolute atomic E-state index is 0. The zero-order valence-electron chi connectivity index (χ0n) is 3.51. The number of hydrogen-bond donors (Lipinski definition) is 0. The summed E-state index contributed by atoms with van der Waals surface area (Å²) >= 11 is 0. The maximum Gasteiger partial charge on any atom is 2.00 e. The van der Waals surface area contributed by atoms with Gasteiger partial charge in [0.15, 0.2) is 0 Å². The first-order valence-electron chi connectivity index (χ1n) is 0. The first-order chi connectivity index (χ1) is 0. The summed E-state index contributed by atoms with van der Waals surface area (Å²) in [5, 5.41) is 0. The molecule has 0 saturated heterocycles. The van der Waals surface area contributed by atoms with Gasteiger partial charge in [-0.1, -0.05) is 7.43 Å². The third-order valence-electron chi connectivity index (χ3n) is 0. The van der Waals surface area contributed by atoms with Gasteiger partial charge in [-0.2, -0.15) is 0 Å². The molecule has 3 heteroatoms. The van der Waals surface area contributed by atoms with Crippen LogP contribution in [-0.4, -0.2) is 23.1 Å². The van der Waals surface area contributed by atoms with Gasteiger partial charge >= 0.3 is 23.1 Å². The van der Waals surface area contributed by atoms with E-state index in [-0.39, 0.29) is 69.0 Å². The Hall–Kier alpha value is 1.87. The van der Waals surface area contributed by atoms with E-state index in [0.29, 0.717) is 0 Å². The van der Waals surface area contributed by atoms with Gasteiger partial charge in [0.2, 0.25) is 0 Å². The van der Waals surface area contributed by atoms with Crippen LogP contribution in [0.3, 0.4) is 0 Å². The second kappa shape index (κ2) is 20.9. The van der Waals surface area contributed by atoms with Crippen molar-refractivity contribution in [2.24, 2.45) is 0 Å². The van der Waals surface area contributed by atoms with Crippen LogP contribution in [0.15, 0.2) is 0 Å². The van der Waals surface area contributed by atoms with Crippen molar-refractivity contribution in [3.63, 3.8) is 0 Å². The third kappa shape index (κ3) is 9.12. The van der Waals surface area contributed by atoms with Crippen LogP contribution in [0, 0.1) is 0 Å². The van der Waals surface area contributed by atoms with E-state index in [9.17, 15) is 0 Å². The summed E-state index contributed by atoms with van der Waals surface area (Å²) in [6.07, 6.45) is 0. The Morgan fingerprint density at radius 3 is 1.25 bits per heavy atom. The molecule has 1 radical (unpaired) electrons. The minimum Gasteiger partial charge on any atom is -1.00 e. The van der Waals surface area contributed by atoms with Crippen LogP contribution in [0.5, 0.6) is 0 Å². The monoisotopic (exact) mass is 149 g/mol. The molecule has 0 heterocycles. The fraction of sp³-hybridized carbons (Fsp3) is 1.00. The van der Waals surface area contributed by atoms with Crippen LogP contribution >= 0.6 is 0 Å². The van der Waals surface area contributed by atoms with Crippen LogP contribution in [0.4, 0.5) is 0 Å². The van der Waals surface area contributed by atoms with Crippen molar-refractivity contribution < 1.29 is 38.5 Å². The summed E-state index contributed by atoms with van der Waals surface area (Å²) in [6.45, 7) is 0. The predicted molar refractivity (Wildman–Crippen MR) is 14.7 cm³/mol. The van der Waals surface area contributed by atoms with Gasteiger partial charge in [0, 0.05) is 35.6 Å². The molecule has 4 heavy (non-hydrogen) atoms. The van der Waals surface area contributed by atoms with Crippen molar-refractivity contribution in [1.82, 2.24) is 0 Å². The molecular weight excluding hydrogens is 143 g/mol. The van der Waals surface area contributed by atoms with Gasteiger partial charge in [-0.25, -0.2) is 0 Å². The normalized spacial score (nSPS) is 0. The van der Waals surface area contributed by atoms with Crippen molar-refractivity contribution in [1.29, 1.82) is 0 Å². The zero-order chi connectivity index (χ0) is 0. The summed E-state index contributed by atoms with van der Waals surface area (Å²) < 4.78 is 0. The Morgan fingerprint density at radius 1 is 1.25 bits per heavy atom. The van der Waals surface area contributed by atoms with Crippen LogP contribution in [-0.2, 0) is 35.6 Å². The maximum atomic E-state index is 0. The zero-order valence-corrected chi connectivity index (χ0v) is 5.42. The van der Waals surface area contributed by atoms with Crippen molar-refractivity contribution in [3.05, 3.63) is 0 Å². The van der Waals surface area contributed by atoms with Crippen molar-refractivity contribution in [3.8, 4) is 0 Å². The quantitative estimate of drug-likeness (QED) is 0.439. The van der Waals surface area contributed by atoms with E-state index >= 15 is 0 Å². The molecular formula is CH6FeMgV. The third-order valence-corrected chi connectivity index (χ3v) is 0. The molecule has 0 rings (SSSR count). The first kappa shape index (κ1) is 39.8. The SMILES string of the molecule is C.[Fe].[H-].[H-].[Mg+2].[V]. The van der Waals surface area contributed by atoms with E-state index in [0.717, 1.165) is 0 Å². The summed E-state index contributed by atoms with van der Waals surface area (Å²) in [5.74, 6) is 0. The topological polar surface area (TPSA) is 0 Å². The fourth-order valence-electron chi connectivity index (χ4n) is 0. The van der Waals surface area contributed by atoms with Gasteiger partial charge in [0.1, 0.15) is 0 Å². The Labute approximate surface area is 68.6 Å². The average molecular weight is 149 g/mol. The van der Waals surface area contributed by atoms with Crippen LogP contribution < -0.4 is 0 Å². The largest absolute Gasteiger partial charge is 2.00 e. The van der Waals surface area contributed by atoms with Crippen molar-refractivity contribution >= 4 is 23.1 Å². The Balaban J connectivity index is 0. The Kier molecular flexibility index (Phi) is 208. The molecule has 0 aliphatic carbocycles. The molecule has 0 N–H and O–H groups in total. The van der Waals surface area contributed by atoms with E-state index < -0.39 is 0 Å². The molecule has 0 fully saturated rings. The summed E-state index contributed by atoms with van der Waals surface area (Å²) in [5.41, 5.74) is 0. The molecule has 25 valence electrons. The molecule has 0 unspecified atom stereocenters. The van der Waals surface area contributed by atoms with E-state index in [1.54, 1.807) is 0 Å². The van der Waals surface area contributed by atoms with Crippen LogP contribution in [0.25, 0.3) is 0 Å². The smallest absolute Gasteiger partial charge is 1.00 e. The summed E-state index contributed by atoms with van der Waals surface area (Å²) in [4.78, 5) is 0. The molecule has 0 bridgehead atoms. The van der Waals surface area contributed by atoms with Gasteiger partial charge in [-0.05, 0) is 0 Å². The molecule has 0 aromatic rings. The minimum atomic E-state index is 0. The van der Waals surface area contributed by atoms with E-state index in [2.05, 4.69) is 0 Å². The molecule has 0 aromatic carbocycles. The van der Waals surface area contributed by atoms with Gasteiger partial charge in [0.05, 0.1) is 0 Å².